The van der Waals surface area contributed by atoms with Crippen LogP contribution in [-0.4, -0.2) is 9.36 Å². The number of nitrogens with zero attached hydrogens (tertiary/aromatic N) is 2. The van der Waals surface area contributed by atoms with Crippen LogP contribution in [-0.2, 0) is 0 Å². The third kappa shape index (κ3) is 2.95. The van der Waals surface area contributed by atoms with Gasteiger partial charge in [0.25, 0.3) is 0 Å². The highest BCUT2D eigenvalue weighted by Crippen LogP contribution is 2.31. The van der Waals surface area contributed by atoms with E-state index in [4.69, 9.17) is 23.2 Å². The predicted molar refractivity (Wildman–Crippen MR) is 90.3 cm³/mol. The number of halogens is 2. The van der Waals surface area contributed by atoms with Gasteiger partial charge in [0.15, 0.2) is 5.82 Å². The van der Waals surface area contributed by atoms with Crippen LogP contribution >= 0.6 is 34.7 Å². The molecule has 0 fully saturated rings. The molecule has 0 amide bonds. The Morgan fingerprint density at radius 1 is 0.857 bits per heavy atom. The molecule has 0 spiro atoms. The summed E-state index contributed by atoms with van der Waals surface area (Å²) in [5, 5.41) is 2.31. The van der Waals surface area contributed by atoms with Crippen molar-refractivity contribution in [3.8, 4) is 22.0 Å². The minimum absolute atomic E-state index is 0.689. The van der Waals surface area contributed by atoms with Gasteiger partial charge in [-0.15, -0.1) is 0 Å². The molecule has 106 valence electrons. The standard InChI is InChI=1S/C16H12Cl2N2S/c1-9-3-4-12(18)8-14(9)15-19-16(21-20-15)13-6-5-11(17)7-10(13)2/h3-8H,1-2H3. The lowest BCUT2D eigenvalue weighted by atomic mass is 10.1. The lowest BCUT2D eigenvalue weighted by molar-refractivity contribution is 1.29. The van der Waals surface area contributed by atoms with Gasteiger partial charge in [-0.05, 0) is 60.8 Å². The van der Waals surface area contributed by atoms with Crippen LogP contribution in [0.3, 0.4) is 0 Å². The molecule has 0 aliphatic rings. The van der Waals surface area contributed by atoms with Crippen molar-refractivity contribution in [3.63, 3.8) is 0 Å². The largest absolute Gasteiger partial charge is 0.215 e. The predicted octanol–water partition coefficient (Wildman–Crippen LogP) is 5.80. The molecule has 0 saturated carbocycles. The zero-order chi connectivity index (χ0) is 15.0. The van der Waals surface area contributed by atoms with Gasteiger partial charge in [0.1, 0.15) is 5.01 Å². The van der Waals surface area contributed by atoms with Crippen molar-refractivity contribution in [2.45, 2.75) is 13.8 Å². The maximum absolute atomic E-state index is 6.07. The molecule has 0 atom stereocenters. The molecule has 1 heterocycles. The fourth-order valence-electron chi connectivity index (χ4n) is 2.14. The molecular formula is C16H12Cl2N2S. The summed E-state index contributed by atoms with van der Waals surface area (Å²) in [6.45, 7) is 4.05. The van der Waals surface area contributed by atoms with Crippen molar-refractivity contribution in [2.75, 3.05) is 0 Å². The van der Waals surface area contributed by atoms with Crippen molar-refractivity contribution in [1.82, 2.24) is 9.36 Å². The molecule has 1 aromatic heterocycles. The zero-order valence-electron chi connectivity index (χ0n) is 11.5. The molecule has 3 rings (SSSR count). The second-order valence-corrected chi connectivity index (χ2v) is 6.47. The summed E-state index contributed by atoms with van der Waals surface area (Å²) in [5.41, 5.74) is 4.23. The van der Waals surface area contributed by atoms with Gasteiger partial charge in [0.05, 0.1) is 0 Å². The van der Waals surface area contributed by atoms with E-state index in [1.165, 1.54) is 11.5 Å². The van der Waals surface area contributed by atoms with E-state index in [1.54, 1.807) is 0 Å². The summed E-state index contributed by atoms with van der Waals surface area (Å²) in [5.74, 6) is 0.712. The van der Waals surface area contributed by atoms with Gasteiger partial charge in [-0.3, -0.25) is 0 Å². The fraction of sp³-hybridized carbons (Fsp3) is 0.125. The summed E-state index contributed by atoms with van der Waals surface area (Å²) < 4.78 is 4.47. The Bertz CT molecular complexity index is 812. The molecule has 0 aliphatic heterocycles. The first-order valence-corrected chi connectivity index (χ1v) is 7.94. The van der Waals surface area contributed by atoms with Crippen LogP contribution < -0.4 is 0 Å². The molecule has 0 aliphatic carbocycles. The highest BCUT2D eigenvalue weighted by Gasteiger charge is 2.12. The molecule has 0 saturated heterocycles. The maximum Gasteiger partial charge on any atom is 0.173 e. The molecule has 0 N–H and O–H groups in total. The zero-order valence-corrected chi connectivity index (χ0v) is 13.9. The number of hydrogen-bond donors (Lipinski definition) is 0. The summed E-state index contributed by atoms with van der Waals surface area (Å²) >= 11 is 13.4. The van der Waals surface area contributed by atoms with E-state index in [0.717, 1.165) is 32.3 Å². The number of benzene rings is 2. The van der Waals surface area contributed by atoms with E-state index in [9.17, 15) is 0 Å². The average Bonchev–Trinajstić information content (AvgIpc) is 2.91. The van der Waals surface area contributed by atoms with Crippen molar-refractivity contribution in [3.05, 3.63) is 57.6 Å². The molecule has 2 nitrogen and oxygen atoms in total. The van der Waals surface area contributed by atoms with Crippen LogP contribution in [0.5, 0.6) is 0 Å². The smallest absolute Gasteiger partial charge is 0.173 e. The van der Waals surface area contributed by atoms with Gasteiger partial charge < -0.3 is 0 Å². The Morgan fingerprint density at radius 3 is 2.33 bits per heavy atom. The van der Waals surface area contributed by atoms with Gasteiger partial charge in [0.2, 0.25) is 0 Å². The van der Waals surface area contributed by atoms with Crippen LogP contribution in [0.25, 0.3) is 22.0 Å². The maximum atomic E-state index is 6.07. The van der Waals surface area contributed by atoms with E-state index in [0.29, 0.717) is 10.8 Å². The Labute approximate surface area is 137 Å². The molecule has 5 heteroatoms. The molecule has 21 heavy (non-hydrogen) atoms. The van der Waals surface area contributed by atoms with E-state index in [1.807, 2.05) is 50.2 Å². The van der Waals surface area contributed by atoms with Crippen LogP contribution in [0.4, 0.5) is 0 Å². The van der Waals surface area contributed by atoms with E-state index < -0.39 is 0 Å². The summed E-state index contributed by atoms with van der Waals surface area (Å²) in [6, 6.07) is 11.5. The average molecular weight is 335 g/mol. The van der Waals surface area contributed by atoms with Gasteiger partial charge in [-0.2, -0.15) is 4.37 Å². The van der Waals surface area contributed by atoms with Gasteiger partial charge in [0, 0.05) is 21.2 Å². The van der Waals surface area contributed by atoms with Crippen LogP contribution in [0.15, 0.2) is 36.4 Å². The Kier molecular flexibility index (Phi) is 3.98. The van der Waals surface area contributed by atoms with E-state index in [-0.39, 0.29) is 0 Å². The Morgan fingerprint density at radius 2 is 1.57 bits per heavy atom. The highest BCUT2D eigenvalue weighted by atomic mass is 35.5. The minimum Gasteiger partial charge on any atom is -0.215 e. The third-order valence-corrected chi connectivity index (χ3v) is 4.50. The molecule has 0 bridgehead atoms. The second kappa shape index (κ2) is 5.76. The normalized spacial score (nSPS) is 10.9. The first kappa shape index (κ1) is 14.5. The lowest BCUT2D eigenvalue weighted by Gasteiger charge is -2.03. The lowest BCUT2D eigenvalue weighted by Crippen LogP contribution is -1.87. The topological polar surface area (TPSA) is 25.8 Å². The number of aromatic nitrogens is 2. The first-order valence-electron chi connectivity index (χ1n) is 6.41. The van der Waals surface area contributed by atoms with Gasteiger partial charge >= 0.3 is 0 Å². The van der Waals surface area contributed by atoms with Crippen molar-refractivity contribution >= 4 is 34.7 Å². The SMILES string of the molecule is Cc1ccc(Cl)cc1-c1nsc(-c2ccc(Cl)cc2C)n1. The van der Waals surface area contributed by atoms with Crippen LogP contribution in [0.2, 0.25) is 10.0 Å². The number of aryl methyl sites for hydroxylation is 2. The quantitative estimate of drug-likeness (QED) is 0.592. The van der Waals surface area contributed by atoms with Crippen molar-refractivity contribution in [2.24, 2.45) is 0 Å². The number of rotatable bonds is 2. The van der Waals surface area contributed by atoms with Crippen LogP contribution in [0, 0.1) is 13.8 Å². The summed E-state index contributed by atoms with van der Waals surface area (Å²) in [7, 11) is 0. The van der Waals surface area contributed by atoms with Crippen molar-refractivity contribution in [1.29, 1.82) is 0 Å². The number of hydrogen-bond acceptors (Lipinski definition) is 3. The molecule has 0 unspecified atom stereocenters. The van der Waals surface area contributed by atoms with E-state index in [2.05, 4.69) is 9.36 Å². The molecular weight excluding hydrogens is 323 g/mol. The molecule has 3 aromatic rings. The Hall–Kier alpha value is -1.42. The second-order valence-electron chi connectivity index (χ2n) is 4.84. The summed E-state index contributed by atoms with van der Waals surface area (Å²) in [4.78, 5) is 4.65. The van der Waals surface area contributed by atoms with Crippen LogP contribution in [0.1, 0.15) is 11.1 Å². The third-order valence-electron chi connectivity index (χ3n) is 3.29. The van der Waals surface area contributed by atoms with Crippen molar-refractivity contribution < 1.29 is 0 Å². The fourth-order valence-corrected chi connectivity index (χ4v) is 3.31. The highest BCUT2D eigenvalue weighted by molar-refractivity contribution is 7.09. The van der Waals surface area contributed by atoms with Gasteiger partial charge in [-0.25, -0.2) is 4.98 Å². The van der Waals surface area contributed by atoms with E-state index >= 15 is 0 Å². The Balaban J connectivity index is 2.06. The van der Waals surface area contributed by atoms with Gasteiger partial charge in [-0.1, -0.05) is 35.3 Å². The first-order chi connectivity index (χ1) is 10.0. The summed E-state index contributed by atoms with van der Waals surface area (Å²) in [6.07, 6.45) is 0. The molecule has 2 aromatic carbocycles. The molecule has 0 radical (unpaired) electrons. The monoisotopic (exact) mass is 334 g/mol. The minimum atomic E-state index is 0.689.